The molecular weight excluding hydrogens is 152 g/mol. The Hall–Kier alpha value is -1.32. The second kappa shape index (κ2) is 3.38. The van der Waals surface area contributed by atoms with E-state index in [0.29, 0.717) is 0 Å². The Balaban J connectivity index is 2.71. The van der Waals surface area contributed by atoms with Crippen LogP contribution in [0.2, 0.25) is 0 Å². The molecule has 0 unspecified atom stereocenters. The van der Waals surface area contributed by atoms with Gasteiger partial charge in [-0.2, -0.15) is 10.2 Å². The summed E-state index contributed by atoms with van der Waals surface area (Å²) in [5.41, 5.74) is 4.96. The Morgan fingerprint density at radius 3 is 2.67 bits per heavy atom. The molecule has 0 saturated carbocycles. The van der Waals surface area contributed by atoms with Crippen LogP contribution in [0, 0.1) is 6.92 Å². The molecule has 1 heterocycles. The molecular formula is C8H14N4. The molecule has 1 aromatic rings. The van der Waals surface area contributed by atoms with Crippen molar-refractivity contribution in [2.45, 2.75) is 20.8 Å². The van der Waals surface area contributed by atoms with Crippen LogP contribution in [-0.4, -0.2) is 15.5 Å². The van der Waals surface area contributed by atoms with Crippen LogP contribution in [0.25, 0.3) is 0 Å². The number of hydrogen-bond acceptors (Lipinski definition) is 3. The molecule has 0 aliphatic heterocycles. The van der Waals surface area contributed by atoms with E-state index in [2.05, 4.69) is 15.6 Å². The molecule has 4 heteroatoms. The highest BCUT2D eigenvalue weighted by Gasteiger charge is 1.97. The fourth-order valence-corrected chi connectivity index (χ4v) is 0.784. The second-order valence-corrected chi connectivity index (χ2v) is 2.97. The Morgan fingerprint density at radius 2 is 2.25 bits per heavy atom. The minimum atomic E-state index is 0.788. The summed E-state index contributed by atoms with van der Waals surface area (Å²) >= 11 is 0. The van der Waals surface area contributed by atoms with Crippen LogP contribution < -0.4 is 5.43 Å². The maximum atomic E-state index is 4.18. The lowest BCUT2D eigenvalue weighted by atomic mass is 10.5. The van der Waals surface area contributed by atoms with E-state index in [1.165, 1.54) is 0 Å². The fraction of sp³-hybridized carbons (Fsp3) is 0.500. The monoisotopic (exact) mass is 166 g/mol. The molecule has 0 radical (unpaired) electrons. The van der Waals surface area contributed by atoms with Gasteiger partial charge in [0.05, 0.1) is 0 Å². The van der Waals surface area contributed by atoms with Gasteiger partial charge in [0.2, 0.25) is 0 Å². The topological polar surface area (TPSA) is 42.2 Å². The van der Waals surface area contributed by atoms with E-state index in [-0.39, 0.29) is 0 Å². The molecule has 66 valence electrons. The number of hydrazone groups is 1. The van der Waals surface area contributed by atoms with Crippen molar-refractivity contribution in [3.8, 4) is 0 Å². The van der Waals surface area contributed by atoms with E-state index in [0.717, 1.165) is 17.2 Å². The number of hydrogen-bond donors (Lipinski definition) is 1. The maximum Gasteiger partial charge on any atom is 0.168 e. The molecule has 0 fully saturated rings. The van der Waals surface area contributed by atoms with Crippen LogP contribution in [0.3, 0.4) is 0 Å². The van der Waals surface area contributed by atoms with Crippen molar-refractivity contribution >= 4 is 11.5 Å². The highest BCUT2D eigenvalue weighted by Crippen LogP contribution is 2.06. The highest BCUT2D eigenvalue weighted by molar-refractivity contribution is 5.79. The van der Waals surface area contributed by atoms with Gasteiger partial charge in [-0.25, -0.2) is 0 Å². The van der Waals surface area contributed by atoms with E-state index < -0.39 is 0 Å². The zero-order chi connectivity index (χ0) is 9.14. The van der Waals surface area contributed by atoms with Gasteiger partial charge in [-0.05, 0) is 20.8 Å². The first-order valence-electron chi connectivity index (χ1n) is 3.87. The van der Waals surface area contributed by atoms with Gasteiger partial charge in [0.1, 0.15) is 0 Å². The van der Waals surface area contributed by atoms with Crippen molar-refractivity contribution < 1.29 is 0 Å². The third-order valence-corrected chi connectivity index (χ3v) is 1.51. The summed E-state index contributed by atoms with van der Waals surface area (Å²) in [5, 5.41) is 8.22. The molecule has 0 bridgehead atoms. The first-order chi connectivity index (χ1) is 5.59. The maximum absolute atomic E-state index is 4.18. The fourth-order valence-electron chi connectivity index (χ4n) is 0.784. The first kappa shape index (κ1) is 8.77. The van der Waals surface area contributed by atoms with Gasteiger partial charge in [-0.1, -0.05) is 0 Å². The van der Waals surface area contributed by atoms with Gasteiger partial charge < -0.3 is 0 Å². The summed E-state index contributed by atoms with van der Waals surface area (Å²) < 4.78 is 1.81. The Labute approximate surface area is 72.3 Å². The number of nitrogens with zero attached hydrogens (tertiary/aromatic N) is 3. The van der Waals surface area contributed by atoms with Crippen molar-refractivity contribution in [2.75, 3.05) is 5.43 Å². The number of nitrogens with one attached hydrogen (secondary N) is 1. The van der Waals surface area contributed by atoms with Crippen LogP contribution >= 0.6 is 0 Å². The van der Waals surface area contributed by atoms with Gasteiger partial charge in [0.25, 0.3) is 0 Å². The molecule has 0 aliphatic carbocycles. The smallest absolute Gasteiger partial charge is 0.168 e. The van der Waals surface area contributed by atoms with Crippen molar-refractivity contribution in [3.05, 3.63) is 11.8 Å². The third kappa shape index (κ3) is 2.08. The summed E-state index contributed by atoms with van der Waals surface area (Å²) in [6.07, 6.45) is 0. The largest absolute Gasteiger partial charge is 0.271 e. The van der Waals surface area contributed by atoms with Crippen LogP contribution in [-0.2, 0) is 7.05 Å². The molecule has 0 aromatic carbocycles. The van der Waals surface area contributed by atoms with E-state index in [1.54, 1.807) is 0 Å². The molecule has 1 rings (SSSR count). The SMILES string of the molecule is CC(C)=NNc1cc(C)n(C)n1. The lowest BCUT2D eigenvalue weighted by Crippen LogP contribution is -1.96. The first-order valence-corrected chi connectivity index (χ1v) is 3.87. The molecule has 0 spiro atoms. The Morgan fingerprint density at radius 1 is 1.58 bits per heavy atom. The van der Waals surface area contributed by atoms with Gasteiger partial charge in [-0.15, -0.1) is 0 Å². The molecule has 0 atom stereocenters. The lowest BCUT2D eigenvalue weighted by molar-refractivity contribution is 0.741. The minimum Gasteiger partial charge on any atom is -0.271 e. The van der Waals surface area contributed by atoms with E-state index >= 15 is 0 Å². The van der Waals surface area contributed by atoms with E-state index in [9.17, 15) is 0 Å². The summed E-state index contributed by atoms with van der Waals surface area (Å²) in [6, 6.07) is 1.95. The molecule has 1 aromatic heterocycles. The predicted molar refractivity (Wildman–Crippen MR) is 50.4 cm³/mol. The van der Waals surface area contributed by atoms with Crippen molar-refractivity contribution in [1.82, 2.24) is 9.78 Å². The highest BCUT2D eigenvalue weighted by atomic mass is 15.4. The summed E-state index contributed by atoms with van der Waals surface area (Å²) in [6.45, 7) is 5.87. The Kier molecular flexibility index (Phi) is 2.47. The number of aryl methyl sites for hydroxylation is 2. The average molecular weight is 166 g/mol. The van der Waals surface area contributed by atoms with E-state index in [4.69, 9.17) is 0 Å². The van der Waals surface area contributed by atoms with Crippen molar-refractivity contribution in [1.29, 1.82) is 0 Å². The lowest BCUT2D eigenvalue weighted by Gasteiger charge is -1.93. The third-order valence-electron chi connectivity index (χ3n) is 1.51. The van der Waals surface area contributed by atoms with Crippen LogP contribution in [0.5, 0.6) is 0 Å². The molecule has 0 saturated heterocycles. The predicted octanol–water partition coefficient (Wildman–Crippen LogP) is 1.54. The van der Waals surface area contributed by atoms with Gasteiger partial charge in [0.15, 0.2) is 5.82 Å². The van der Waals surface area contributed by atoms with Crippen LogP contribution in [0.1, 0.15) is 19.5 Å². The van der Waals surface area contributed by atoms with Crippen molar-refractivity contribution in [3.63, 3.8) is 0 Å². The van der Waals surface area contributed by atoms with Crippen molar-refractivity contribution in [2.24, 2.45) is 12.1 Å². The number of rotatable bonds is 2. The molecule has 0 amide bonds. The standard InChI is InChI=1S/C8H14N4/c1-6(2)9-10-8-5-7(3)12(4)11-8/h5H,1-4H3,(H,10,11). The Bertz CT molecular complexity index is 275. The van der Waals surface area contributed by atoms with Gasteiger partial charge >= 0.3 is 0 Å². The van der Waals surface area contributed by atoms with Crippen LogP contribution in [0.15, 0.2) is 11.2 Å². The summed E-state index contributed by atoms with van der Waals surface area (Å²) in [5.74, 6) is 0.788. The number of anilines is 1. The zero-order valence-electron chi connectivity index (χ0n) is 7.92. The quantitative estimate of drug-likeness (QED) is 0.535. The zero-order valence-corrected chi connectivity index (χ0v) is 7.92. The molecule has 0 aliphatic rings. The summed E-state index contributed by atoms with van der Waals surface area (Å²) in [4.78, 5) is 0. The molecule has 12 heavy (non-hydrogen) atoms. The summed E-state index contributed by atoms with van der Waals surface area (Å²) in [7, 11) is 1.91. The molecule has 1 N–H and O–H groups in total. The second-order valence-electron chi connectivity index (χ2n) is 2.97. The minimum absolute atomic E-state index is 0.788. The average Bonchev–Trinajstić information content (AvgIpc) is 2.28. The van der Waals surface area contributed by atoms with Gasteiger partial charge in [0, 0.05) is 24.5 Å². The van der Waals surface area contributed by atoms with Gasteiger partial charge in [-0.3, -0.25) is 10.1 Å². The van der Waals surface area contributed by atoms with E-state index in [1.807, 2.05) is 38.6 Å². The normalized spacial score (nSPS) is 9.67. The molecule has 4 nitrogen and oxygen atoms in total. The van der Waals surface area contributed by atoms with Crippen LogP contribution in [0.4, 0.5) is 5.82 Å². The number of aromatic nitrogens is 2.